The van der Waals surface area contributed by atoms with Crippen molar-refractivity contribution in [3.63, 3.8) is 0 Å². The minimum Gasteiger partial charge on any atom is -0.444 e. The highest BCUT2D eigenvalue weighted by Crippen LogP contribution is 2.22. The molecule has 0 saturated carbocycles. The van der Waals surface area contributed by atoms with Crippen LogP contribution < -0.4 is 0 Å². The van der Waals surface area contributed by atoms with E-state index in [0.717, 1.165) is 32.5 Å². The number of hydrogen-bond acceptors (Lipinski definition) is 4. The molecule has 0 aliphatic carbocycles. The third-order valence-electron chi connectivity index (χ3n) is 3.55. The van der Waals surface area contributed by atoms with Gasteiger partial charge in [0.15, 0.2) is 0 Å². The Labute approximate surface area is 109 Å². The summed E-state index contributed by atoms with van der Waals surface area (Å²) in [6, 6.07) is 0.287. The molecule has 1 N–H and O–H groups in total. The molecule has 5 nitrogen and oxygen atoms in total. The van der Waals surface area contributed by atoms with Crippen molar-refractivity contribution in [1.82, 2.24) is 9.80 Å². The van der Waals surface area contributed by atoms with E-state index in [1.54, 1.807) is 4.90 Å². The van der Waals surface area contributed by atoms with Crippen molar-refractivity contribution in [3.8, 4) is 0 Å². The summed E-state index contributed by atoms with van der Waals surface area (Å²) < 4.78 is 5.39. The van der Waals surface area contributed by atoms with Crippen LogP contribution >= 0.6 is 0 Å². The number of fused-ring (bicyclic) bond motifs is 1. The molecule has 0 aromatic heterocycles. The maximum absolute atomic E-state index is 12.0. The number of ether oxygens (including phenoxy) is 1. The van der Waals surface area contributed by atoms with Gasteiger partial charge >= 0.3 is 6.09 Å². The highest BCUT2D eigenvalue weighted by atomic mass is 16.6. The number of carbonyl (C=O) groups excluding carboxylic acids is 1. The van der Waals surface area contributed by atoms with Crippen LogP contribution in [0.15, 0.2) is 0 Å². The average molecular weight is 256 g/mol. The summed E-state index contributed by atoms with van der Waals surface area (Å²) in [5.41, 5.74) is -0.444. The number of piperazine rings is 1. The fourth-order valence-corrected chi connectivity index (χ4v) is 2.65. The highest BCUT2D eigenvalue weighted by Gasteiger charge is 2.35. The molecule has 2 unspecified atom stereocenters. The minimum atomic E-state index is -0.444. The normalized spacial score (nSPS) is 29.9. The molecule has 1 amide bonds. The van der Waals surface area contributed by atoms with E-state index in [4.69, 9.17) is 4.74 Å². The van der Waals surface area contributed by atoms with E-state index >= 15 is 0 Å². The van der Waals surface area contributed by atoms with E-state index in [1.165, 1.54) is 0 Å². The first kappa shape index (κ1) is 13.6. The predicted octanol–water partition coefficient (Wildman–Crippen LogP) is 1.06. The van der Waals surface area contributed by atoms with Gasteiger partial charge in [-0.05, 0) is 33.6 Å². The van der Waals surface area contributed by atoms with Crippen LogP contribution in [0, 0.1) is 0 Å². The third-order valence-corrected chi connectivity index (χ3v) is 3.55. The highest BCUT2D eigenvalue weighted by molar-refractivity contribution is 5.68. The number of piperidine rings is 1. The largest absolute Gasteiger partial charge is 0.444 e. The van der Waals surface area contributed by atoms with E-state index < -0.39 is 5.60 Å². The molecule has 2 aliphatic heterocycles. The van der Waals surface area contributed by atoms with Crippen LogP contribution in [-0.2, 0) is 4.74 Å². The van der Waals surface area contributed by atoms with Crippen LogP contribution in [0.4, 0.5) is 4.79 Å². The summed E-state index contributed by atoms with van der Waals surface area (Å²) >= 11 is 0. The number of aliphatic hydroxyl groups is 1. The van der Waals surface area contributed by atoms with Gasteiger partial charge in [-0.3, -0.25) is 4.90 Å². The van der Waals surface area contributed by atoms with Crippen LogP contribution in [0.25, 0.3) is 0 Å². The lowest BCUT2D eigenvalue weighted by atomic mass is 9.97. The summed E-state index contributed by atoms with van der Waals surface area (Å²) in [5.74, 6) is 0. The Balaban J connectivity index is 1.91. The lowest BCUT2D eigenvalue weighted by Gasteiger charge is -2.45. The van der Waals surface area contributed by atoms with Gasteiger partial charge in [0.1, 0.15) is 5.60 Å². The molecule has 0 radical (unpaired) electrons. The molecule has 2 rings (SSSR count). The number of nitrogens with zero attached hydrogens (tertiary/aromatic N) is 2. The van der Waals surface area contributed by atoms with Gasteiger partial charge in [-0.25, -0.2) is 4.79 Å². The van der Waals surface area contributed by atoms with Crippen LogP contribution in [0.2, 0.25) is 0 Å². The molecule has 0 bridgehead atoms. The first-order chi connectivity index (χ1) is 8.35. The quantitative estimate of drug-likeness (QED) is 0.704. The van der Waals surface area contributed by atoms with Gasteiger partial charge in [0.25, 0.3) is 0 Å². The second-order valence-corrected chi connectivity index (χ2v) is 6.29. The summed E-state index contributed by atoms with van der Waals surface area (Å²) in [7, 11) is 0. The number of carbonyl (C=O) groups is 1. The fourth-order valence-electron chi connectivity index (χ4n) is 2.65. The summed E-state index contributed by atoms with van der Waals surface area (Å²) in [6.45, 7) is 8.86. The fraction of sp³-hybridized carbons (Fsp3) is 0.923. The lowest BCUT2D eigenvalue weighted by molar-refractivity contribution is -0.0226. The van der Waals surface area contributed by atoms with Gasteiger partial charge in [-0.15, -0.1) is 0 Å². The topological polar surface area (TPSA) is 53.0 Å². The number of aliphatic hydroxyl groups excluding tert-OH is 1. The molecule has 0 aromatic carbocycles. The van der Waals surface area contributed by atoms with Gasteiger partial charge in [0.2, 0.25) is 0 Å². The SMILES string of the molecule is CC(C)(C)OC(=O)N1CCN2CCC(O)CC2C1. The van der Waals surface area contributed by atoms with Crippen molar-refractivity contribution in [2.75, 3.05) is 26.2 Å². The zero-order valence-electron chi connectivity index (χ0n) is 11.6. The predicted molar refractivity (Wildman–Crippen MR) is 68.4 cm³/mol. The van der Waals surface area contributed by atoms with Gasteiger partial charge in [0.05, 0.1) is 6.10 Å². The van der Waals surface area contributed by atoms with Crippen molar-refractivity contribution < 1.29 is 14.6 Å². The summed E-state index contributed by atoms with van der Waals surface area (Å²) in [5, 5.41) is 9.70. The van der Waals surface area contributed by atoms with Crippen LogP contribution in [0.3, 0.4) is 0 Å². The third kappa shape index (κ3) is 3.36. The van der Waals surface area contributed by atoms with E-state index in [0.29, 0.717) is 6.54 Å². The van der Waals surface area contributed by atoms with Crippen LogP contribution in [0.1, 0.15) is 33.6 Å². The van der Waals surface area contributed by atoms with E-state index in [-0.39, 0.29) is 18.2 Å². The second kappa shape index (κ2) is 5.05. The van der Waals surface area contributed by atoms with Gasteiger partial charge in [-0.1, -0.05) is 0 Å². The first-order valence-electron chi connectivity index (χ1n) is 6.75. The van der Waals surface area contributed by atoms with Crippen molar-refractivity contribution in [1.29, 1.82) is 0 Å². The molecule has 5 heteroatoms. The smallest absolute Gasteiger partial charge is 0.410 e. The lowest BCUT2D eigenvalue weighted by Crippen LogP contribution is -2.58. The molecule has 2 saturated heterocycles. The molecular formula is C13H24N2O3. The van der Waals surface area contributed by atoms with Gasteiger partial charge in [-0.2, -0.15) is 0 Å². The molecule has 2 heterocycles. The molecule has 2 atom stereocenters. The zero-order valence-corrected chi connectivity index (χ0v) is 11.6. The Morgan fingerprint density at radius 1 is 1.28 bits per heavy atom. The Hall–Kier alpha value is -0.810. The van der Waals surface area contributed by atoms with Crippen molar-refractivity contribution in [3.05, 3.63) is 0 Å². The first-order valence-corrected chi connectivity index (χ1v) is 6.75. The Bertz CT molecular complexity index is 314. The van der Waals surface area contributed by atoms with Crippen LogP contribution in [-0.4, -0.2) is 64.9 Å². The molecule has 2 aliphatic rings. The van der Waals surface area contributed by atoms with Crippen LogP contribution in [0.5, 0.6) is 0 Å². The number of rotatable bonds is 0. The summed E-state index contributed by atoms with van der Waals surface area (Å²) in [4.78, 5) is 16.1. The second-order valence-electron chi connectivity index (χ2n) is 6.29. The zero-order chi connectivity index (χ0) is 13.3. The Morgan fingerprint density at radius 3 is 2.67 bits per heavy atom. The molecule has 18 heavy (non-hydrogen) atoms. The van der Waals surface area contributed by atoms with E-state index in [1.807, 2.05) is 20.8 Å². The Kier molecular flexibility index (Phi) is 3.82. The molecule has 0 aromatic rings. The van der Waals surface area contributed by atoms with Gasteiger partial charge < -0.3 is 14.7 Å². The maximum Gasteiger partial charge on any atom is 0.410 e. The number of amides is 1. The molecule has 2 fully saturated rings. The summed E-state index contributed by atoms with van der Waals surface area (Å²) in [6.07, 6.45) is 1.16. The average Bonchev–Trinajstić information content (AvgIpc) is 2.25. The molecule has 0 spiro atoms. The Morgan fingerprint density at radius 2 is 2.00 bits per heavy atom. The van der Waals surface area contributed by atoms with E-state index in [2.05, 4.69) is 4.90 Å². The van der Waals surface area contributed by atoms with Crippen molar-refractivity contribution >= 4 is 6.09 Å². The van der Waals surface area contributed by atoms with E-state index in [9.17, 15) is 9.90 Å². The monoisotopic (exact) mass is 256 g/mol. The minimum absolute atomic E-state index is 0.218. The van der Waals surface area contributed by atoms with Gasteiger partial charge in [0, 0.05) is 32.2 Å². The molecule has 104 valence electrons. The maximum atomic E-state index is 12.0. The standard InChI is InChI=1S/C13H24N2O3/c1-13(2,3)18-12(17)15-7-6-14-5-4-11(16)8-10(14)9-15/h10-11,16H,4-9H2,1-3H3. The van der Waals surface area contributed by atoms with Crippen molar-refractivity contribution in [2.24, 2.45) is 0 Å². The molecular weight excluding hydrogens is 232 g/mol. The van der Waals surface area contributed by atoms with Crippen molar-refractivity contribution in [2.45, 2.75) is 51.4 Å². The number of hydrogen-bond donors (Lipinski definition) is 1.